The third kappa shape index (κ3) is 3.07. The third-order valence-corrected chi connectivity index (χ3v) is 3.82. The lowest BCUT2D eigenvalue weighted by atomic mass is 9.96. The van der Waals surface area contributed by atoms with E-state index in [2.05, 4.69) is 17.6 Å². The lowest BCUT2D eigenvalue weighted by molar-refractivity contribution is -0.126. The van der Waals surface area contributed by atoms with Crippen LogP contribution in [0.5, 0.6) is 5.75 Å². The predicted molar refractivity (Wildman–Crippen MR) is 75.1 cm³/mol. The maximum Gasteiger partial charge on any atom is 0.225 e. The first-order valence-corrected chi connectivity index (χ1v) is 6.77. The summed E-state index contributed by atoms with van der Waals surface area (Å²) in [5, 5.41) is 6.34. The minimum atomic E-state index is -0.0450. The summed E-state index contributed by atoms with van der Waals surface area (Å²) >= 11 is 0. The predicted octanol–water partition coefficient (Wildman–Crippen LogP) is 1.73. The molecule has 4 nitrogen and oxygen atoms in total. The van der Waals surface area contributed by atoms with E-state index in [0.29, 0.717) is 5.92 Å². The molecular weight excluding hydrogens is 240 g/mol. The van der Waals surface area contributed by atoms with Crippen LogP contribution in [0, 0.1) is 11.8 Å². The Morgan fingerprint density at radius 1 is 1.42 bits per heavy atom. The van der Waals surface area contributed by atoms with Crippen LogP contribution in [0.25, 0.3) is 0 Å². The number of hydrogen-bond donors (Lipinski definition) is 2. The molecule has 2 unspecified atom stereocenters. The van der Waals surface area contributed by atoms with Gasteiger partial charge < -0.3 is 15.4 Å². The summed E-state index contributed by atoms with van der Waals surface area (Å²) < 4.78 is 5.33. The van der Waals surface area contributed by atoms with E-state index < -0.39 is 0 Å². The fourth-order valence-corrected chi connectivity index (χ4v) is 2.58. The Balaban J connectivity index is 2.04. The normalized spacial score (nSPS) is 23.9. The molecule has 1 aromatic rings. The van der Waals surface area contributed by atoms with Crippen molar-refractivity contribution in [2.24, 2.45) is 11.8 Å². The van der Waals surface area contributed by atoms with Crippen molar-refractivity contribution in [2.75, 3.05) is 20.2 Å². The molecule has 0 aromatic heterocycles. The number of benzene rings is 1. The van der Waals surface area contributed by atoms with Gasteiger partial charge in [0.05, 0.1) is 19.1 Å². The van der Waals surface area contributed by atoms with Gasteiger partial charge in [0.25, 0.3) is 0 Å². The van der Waals surface area contributed by atoms with Crippen LogP contribution in [0.2, 0.25) is 0 Å². The van der Waals surface area contributed by atoms with Crippen molar-refractivity contribution < 1.29 is 9.53 Å². The Hall–Kier alpha value is -1.55. The number of methoxy groups -OCH3 is 1. The number of rotatable bonds is 4. The lowest BCUT2D eigenvalue weighted by Crippen LogP contribution is -2.36. The van der Waals surface area contributed by atoms with Gasteiger partial charge in [0.2, 0.25) is 5.91 Å². The maximum absolute atomic E-state index is 12.2. The summed E-state index contributed by atoms with van der Waals surface area (Å²) in [6.07, 6.45) is 0. The standard InChI is InChI=1S/C15H22N2O2/c1-10-8-16-9-13(10)15(18)17-11(2)12-6-4-5-7-14(12)19-3/h4-7,10-11,13,16H,8-9H2,1-3H3,(H,17,18)/t10?,11-,13?/m0/s1. The third-order valence-electron chi connectivity index (χ3n) is 3.82. The second-order valence-corrected chi connectivity index (χ2v) is 5.21. The van der Waals surface area contributed by atoms with Gasteiger partial charge in [0.15, 0.2) is 0 Å². The summed E-state index contributed by atoms with van der Waals surface area (Å²) in [5.74, 6) is 1.39. The maximum atomic E-state index is 12.2. The van der Waals surface area contributed by atoms with Crippen molar-refractivity contribution in [3.05, 3.63) is 29.8 Å². The zero-order valence-electron chi connectivity index (χ0n) is 11.8. The van der Waals surface area contributed by atoms with Gasteiger partial charge in [-0.3, -0.25) is 4.79 Å². The van der Waals surface area contributed by atoms with Crippen molar-refractivity contribution in [3.63, 3.8) is 0 Å². The van der Waals surface area contributed by atoms with Gasteiger partial charge in [-0.05, 0) is 25.5 Å². The Morgan fingerprint density at radius 2 is 2.16 bits per heavy atom. The molecule has 1 aliphatic rings. The Kier molecular flexibility index (Phi) is 4.43. The van der Waals surface area contributed by atoms with Crippen molar-refractivity contribution in [1.82, 2.24) is 10.6 Å². The molecule has 19 heavy (non-hydrogen) atoms. The molecule has 1 heterocycles. The van der Waals surface area contributed by atoms with Crippen LogP contribution in [-0.2, 0) is 4.79 Å². The molecule has 2 N–H and O–H groups in total. The smallest absolute Gasteiger partial charge is 0.225 e. The molecule has 1 saturated heterocycles. The van der Waals surface area contributed by atoms with Gasteiger partial charge in [-0.1, -0.05) is 25.1 Å². The summed E-state index contributed by atoms with van der Waals surface area (Å²) in [7, 11) is 1.65. The van der Waals surface area contributed by atoms with E-state index in [0.717, 1.165) is 24.4 Å². The molecule has 0 spiro atoms. The number of carbonyl (C=O) groups is 1. The molecule has 104 valence electrons. The van der Waals surface area contributed by atoms with E-state index in [1.165, 1.54) is 0 Å². The van der Waals surface area contributed by atoms with Crippen molar-refractivity contribution >= 4 is 5.91 Å². The number of para-hydroxylation sites is 1. The minimum absolute atomic E-state index is 0.0450. The molecular formula is C15H22N2O2. The van der Waals surface area contributed by atoms with Crippen LogP contribution in [-0.4, -0.2) is 26.1 Å². The summed E-state index contributed by atoms with van der Waals surface area (Å²) in [6.45, 7) is 5.79. The highest BCUT2D eigenvalue weighted by Crippen LogP contribution is 2.25. The molecule has 1 fully saturated rings. The highest BCUT2D eigenvalue weighted by molar-refractivity contribution is 5.80. The average Bonchev–Trinajstić information content (AvgIpc) is 2.85. The van der Waals surface area contributed by atoms with E-state index in [-0.39, 0.29) is 17.9 Å². The summed E-state index contributed by atoms with van der Waals surface area (Å²) in [4.78, 5) is 12.2. The molecule has 0 radical (unpaired) electrons. The molecule has 1 aromatic carbocycles. The molecule has 3 atom stereocenters. The molecule has 4 heteroatoms. The second-order valence-electron chi connectivity index (χ2n) is 5.21. The Morgan fingerprint density at radius 3 is 2.79 bits per heavy atom. The van der Waals surface area contributed by atoms with Gasteiger partial charge in [-0.25, -0.2) is 0 Å². The number of nitrogens with one attached hydrogen (secondary N) is 2. The number of hydrogen-bond acceptors (Lipinski definition) is 3. The lowest BCUT2D eigenvalue weighted by Gasteiger charge is -2.20. The van der Waals surface area contributed by atoms with E-state index in [4.69, 9.17) is 4.74 Å². The fourth-order valence-electron chi connectivity index (χ4n) is 2.58. The number of amides is 1. The van der Waals surface area contributed by atoms with Gasteiger partial charge in [-0.15, -0.1) is 0 Å². The first-order valence-electron chi connectivity index (χ1n) is 6.77. The van der Waals surface area contributed by atoms with Crippen LogP contribution in [0.3, 0.4) is 0 Å². The highest BCUT2D eigenvalue weighted by Gasteiger charge is 2.30. The zero-order chi connectivity index (χ0) is 13.8. The van der Waals surface area contributed by atoms with Crippen molar-refractivity contribution in [1.29, 1.82) is 0 Å². The zero-order valence-corrected chi connectivity index (χ0v) is 11.8. The average molecular weight is 262 g/mol. The molecule has 0 bridgehead atoms. The van der Waals surface area contributed by atoms with E-state index in [1.54, 1.807) is 7.11 Å². The molecule has 1 amide bonds. The van der Waals surface area contributed by atoms with Crippen LogP contribution in [0.1, 0.15) is 25.5 Å². The first kappa shape index (κ1) is 13.9. The monoisotopic (exact) mass is 262 g/mol. The number of ether oxygens (including phenoxy) is 1. The Labute approximate surface area is 114 Å². The summed E-state index contributed by atoms with van der Waals surface area (Å²) in [6, 6.07) is 7.74. The molecule has 2 rings (SSSR count). The summed E-state index contributed by atoms with van der Waals surface area (Å²) in [5.41, 5.74) is 1.01. The van der Waals surface area contributed by atoms with Gasteiger partial charge in [0.1, 0.15) is 5.75 Å². The quantitative estimate of drug-likeness (QED) is 0.869. The van der Waals surface area contributed by atoms with Crippen LogP contribution >= 0.6 is 0 Å². The van der Waals surface area contributed by atoms with E-state index in [1.807, 2.05) is 31.2 Å². The van der Waals surface area contributed by atoms with E-state index in [9.17, 15) is 4.79 Å². The highest BCUT2D eigenvalue weighted by atomic mass is 16.5. The van der Waals surface area contributed by atoms with E-state index >= 15 is 0 Å². The van der Waals surface area contributed by atoms with Gasteiger partial charge in [-0.2, -0.15) is 0 Å². The largest absolute Gasteiger partial charge is 0.496 e. The number of carbonyl (C=O) groups excluding carboxylic acids is 1. The van der Waals surface area contributed by atoms with Crippen molar-refractivity contribution in [3.8, 4) is 5.75 Å². The van der Waals surface area contributed by atoms with Gasteiger partial charge in [0, 0.05) is 12.1 Å². The van der Waals surface area contributed by atoms with Gasteiger partial charge >= 0.3 is 0 Å². The Bertz CT molecular complexity index is 448. The topological polar surface area (TPSA) is 50.4 Å². The minimum Gasteiger partial charge on any atom is -0.496 e. The van der Waals surface area contributed by atoms with Crippen molar-refractivity contribution in [2.45, 2.75) is 19.9 Å². The van der Waals surface area contributed by atoms with Crippen LogP contribution in [0.15, 0.2) is 24.3 Å². The molecule has 1 aliphatic heterocycles. The first-order chi connectivity index (χ1) is 9.13. The van der Waals surface area contributed by atoms with Crippen LogP contribution < -0.4 is 15.4 Å². The SMILES string of the molecule is COc1ccccc1[C@H](C)NC(=O)C1CNCC1C. The fraction of sp³-hybridized carbons (Fsp3) is 0.533. The van der Waals surface area contributed by atoms with Crippen LogP contribution in [0.4, 0.5) is 0 Å². The molecule has 0 aliphatic carbocycles. The molecule has 0 saturated carbocycles. The second kappa shape index (κ2) is 6.06.